The van der Waals surface area contributed by atoms with Gasteiger partial charge in [-0.25, -0.2) is 0 Å². The molecule has 0 bridgehead atoms. The van der Waals surface area contributed by atoms with Crippen molar-refractivity contribution in [1.82, 2.24) is 0 Å². The summed E-state index contributed by atoms with van der Waals surface area (Å²) in [4.78, 5) is 0. The Morgan fingerprint density at radius 2 is 0.692 bits per heavy atom. The van der Waals surface area contributed by atoms with Crippen molar-refractivity contribution >= 4 is 20.8 Å². The Morgan fingerprint density at radius 1 is 0.692 bits per heavy atom. The molecule has 13 heteroatoms. The molecule has 0 aliphatic rings. The molecule has 9 nitrogen and oxygen atoms in total. The van der Waals surface area contributed by atoms with Gasteiger partial charge in [0.05, 0.1) is 0 Å². The maximum atomic E-state index is 8.52. The molecule has 0 atom stereocenters. The summed E-state index contributed by atoms with van der Waals surface area (Å²) in [7, 11) is -10.3. The third-order valence-corrected chi connectivity index (χ3v) is 0. The summed E-state index contributed by atoms with van der Waals surface area (Å²) in [5, 5.41) is 0. The Balaban J connectivity index is -0.0000000267. The zero-order valence-electron chi connectivity index (χ0n) is 5.25. The second-order valence-electron chi connectivity index (χ2n) is 0.816. The first-order chi connectivity index (χ1) is 4.00. The molecule has 0 saturated heterocycles. The van der Waals surface area contributed by atoms with E-state index in [0.717, 1.165) is 0 Å². The van der Waals surface area contributed by atoms with Crippen molar-refractivity contribution in [2.24, 2.45) is 0 Å². The number of hydrogen-bond acceptors (Lipinski definition) is 8. The summed E-state index contributed by atoms with van der Waals surface area (Å²) in [6.45, 7) is 0. The van der Waals surface area contributed by atoms with E-state index in [0.29, 0.717) is 0 Å². The van der Waals surface area contributed by atoms with E-state index in [2.05, 4.69) is 0 Å². The largest absolute Gasteiger partial charge is 2.00 e. The number of rotatable bonds is 0. The minimum Gasteiger partial charge on any atom is -0.759 e. The second kappa shape index (κ2) is 10.8. The van der Waals surface area contributed by atoms with E-state index in [9.17, 15) is 0 Å². The molecule has 86 valence electrons. The fourth-order valence-corrected chi connectivity index (χ4v) is 0. The summed E-state index contributed by atoms with van der Waals surface area (Å²) in [6.07, 6.45) is 0. The van der Waals surface area contributed by atoms with Crippen molar-refractivity contribution in [2.75, 3.05) is 0 Å². The van der Waals surface area contributed by atoms with Crippen LogP contribution < -0.4 is 0 Å². The van der Waals surface area contributed by atoms with Crippen LogP contribution in [0.2, 0.25) is 0 Å². The van der Waals surface area contributed by atoms with Crippen molar-refractivity contribution in [3.8, 4) is 0 Å². The van der Waals surface area contributed by atoms with E-state index in [1.807, 2.05) is 0 Å². The molecule has 0 unspecified atom stereocenters. The van der Waals surface area contributed by atoms with Crippen LogP contribution >= 0.6 is 0 Å². The van der Waals surface area contributed by atoms with Gasteiger partial charge in [0, 0.05) is 20.8 Å². The monoisotopic (exact) mass is 324 g/mol. The van der Waals surface area contributed by atoms with Gasteiger partial charge in [-0.15, -0.1) is 0 Å². The average Bonchev–Trinajstić information content (AvgIpc) is 1.12. The smallest absolute Gasteiger partial charge is 0.759 e. The van der Waals surface area contributed by atoms with Crippen molar-refractivity contribution < 1.29 is 74.1 Å². The zero-order chi connectivity index (χ0) is 9.00. The maximum Gasteiger partial charge on any atom is 2.00 e. The molecular formula is H2FeNiO9S2. The summed E-state index contributed by atoms with van der Waals surface area (Å²) >= 11 is 0. The molecule has 0 aliphatic heterocycles. The van der Waals surface area contributed by atoms with E-state index in [1.54, 1.807) is 0 Å². The van der Waals surface area contributed by atoms with Gasteiger partial charge in [-0.05, 0) is 0 Å². The van der Waals surface area contributed by atoms with Gasteiger partial charge >= 0.3 is 33.6 Å². The van der Waals surface area contributed by atoms with Crippen molar-refractivity contribution in [1.29, 1.82) is 0 Å². The van der Waals surface area contributed by atoms with E-state index in [4.69, 9.17) is 35.0 Å². The van der Waals surface area contributed by atoms with E-state index < -0.39 is 20.8 Å². The third kappa shape index (κ3) is 2870. The van der Waals surface area contributed by atoms with Gasteiger partial charge in [0.1, 0.15) is 0 Å². The second-order valence-corrected chi connectivity index (χ2v) is 2.45. The van der Waals surface area contributed by atoms with Crippen LogP contribution in [0.15, 0.2) is 0 Å². The molecule has 0 radical (unpaired) electrons. The van der Waals surface area contributed by atoms with Gasteiger partial charge in [-0.1, -0.05) is 0 Å². The first-order valence-corrected chi connectivity index (χ1v) is 4.00. The Morgan fingerprint density at radius 3 is 0.692 bits per heavy atom. The third-order valence-electron chi connectivity index (χ3n) is 0. The first-order valence-electron chi connectivity index (χ1n) is 1.33. The van der Waals surface area contributed by atoms with E-state index >= 15 is 0 Å². The molecule has 0 aromatic heterocycles. The molecule has 0 saturated carbocycles. The summed E-state index contributed by atoms with van der Waals surface area (Å²) < 4.78 is 68.2. The molecule has 0 fully saturated rings. The number of hydrogen-bond donors (Lipinski definition) is 0. The molecule has 0 heterocycles. The van der Waals surface area contributed by atoms with Crippen LogP contribution in [0, 0.1) is 0 Å². The normalized spacial score (nSPS) is 8.92. The quantitative estimate of drug-likeness (QED) is 0.248. The molecule has 0 aromatic rings. The fraction of sp³-hybridized carbons (Fsp3) is 0. The molecule has 2 N–H and O–H groups in total. The van der Waals surface area contributed by atoms with Crippen molar-refractivity contribution in [3.05, 3.63) is 0 Å². The van der Waals surface area contributed by atoms with Gasteiger partial charge < -0.3 is 23.7 Å². The van der Waals surface area contributed by atoms with Gasteiger partial charge in [-0.3, -0.25) is 16.8 Å². The Bertz CT molecular complexity index is 214. The Kier molecular flexibility index (Phi) is 24.2. The van der Waals surface area contributed by atoms with Crippen LogP contribution in [0.25, 0.3) is 0 Å². The molecule has 0 rings (SSSR count). The first kappa shape index (κ1) is 29.2. The fourth-order valence-electron chi connectivity index (χ4n) is 0. The van der Waals surface area contributed by atoms with Crippen LogP contribution in [0.1, 0.15) is 0 Å². The van der Waals surface area contributed by atoms with Crippen molar-refractivity contribution in [2.45, 2.75) is 0 Å². The van der Waals surface area contributed by atoms with Gasteiger partial charge in [0.25, 0.3) is 0 Å². The van der Waals surface area contributed by atoms with Gasteiger partial charge in [-0.2, -0.15) is 0 Å². The van der Waals surface area contributed by atoms with Crippen LogP contribution in [0.5, 0.6) is 0 Å². The van der Waals surface area contributed by atoms with Gasteiger partial charge in [0.15, 0.2) is 0 Å². The topological polar surface area (TPSA) is 192 Å². The molecule has 13 heavy (non-hydrogen) atoms. The predicted octanol–water partition coefficient (Wildman–Crippen LogP) is -3.51. The standard InChI is InChI=1S/Fe.Ni.2H2O4S.H2O/c;;2*1-5(2,3)4;/h;;2*(H2,1,2,3,4);1H2/q2*+2;;;/p-4. The van der Waals surface area contributed by atoms with Crippen LogP contribution in [0.3, 0.4) is 0 Å². The van der Waals surface area contributed by atoms with E-state index in [-0.39, 0.29) is 39.0 Å². The molecule has 0 amide bonds. The minimum atomic E-state index is -5.17. The van der Waals surface area contributed by atoms with E-state index in [1.165, 1.54) is 0 Å². The predicted molar refractivity (Wildman–Crippen MR) is 24.6 cm³/mol. The summed E-state index contributed by atoms with van der Waals surface area (Å²) in [5.41, 5.74) is 0. The molecule has 0 spiro atoms. The average molecular weight is 325 g/mol. The van der Waals surface area contributed by atoms with Gasteiger partial charge in [0.2, 0.25) is 0 Å². The minimum absolute atomic E-state index is 0. The molecule has 0 aromatic carbocycles. The Hall–Kier alpha value is 0.713. The summed E-state index contributed by atoms with van der Waals surface area (Å²) in [6, 6.07) is 0. The van der Waals surface area contributed by atoms with Crippen LogP contribution in [-0.4, -0.2) is 40.5 Å². The SMILES string of the molecule is O.O=S(=O)([O-])[O-].O=S(=O)([O-])[O-].[Fe+2].[Ni+2]. The molecular weight excluding hydrogens is 323 g/mol. The van der Waals surface area contributed by atoms with Crippen LogP contribution in [0.4, 0.5) is 0 Å². The van der Waals surface area contributed by atoms with Crippen LogP contribution in [-0.2, 0) is 54.4 Å². The van der Waals surface area contributed by atoms with Crippen molar-refractivity contribution in [3.63, 3.8) is 0 Å². The zero-order valence-corrected chi connectivity index (χ0v) is 8.98. The Labute approximate surface area is 94.8 Å². The summed E-state index contributed by atoms with van der Waals surface area (Å²) in [5.74, 6) is 0. The maximum absolute atomic E-state index is 8.52. The molecule has 0 aliphatic carbocycles.